The third-order valence-electron chi connectivity index (χ3n) is 18.9. The van der Waals surface area contributed by atoms with Crippen LogP contribution in [0.1, 0.15) is 386 Å². The summed E-state index contributed by atoms with van der Waals surface area (Å²) < 4.78 is 22.9. The number of allylic oxidation sites excluding steroid dienone is 22. The molecule has 0 amide bonds. The average Bonchev–Trinajstić information content (AvgIpc) is 0.985. The van der Waals surface area contributed by atoms with Crippen molar-refractivity contribution in [2.45, 2.75) is 399 Å². The Hall–Kier alpha value is -4.57. The van der Waals surface area contributed by atoms with Crippen LogP contribution in [0.3, 0.4) is 0 Å². The van der Waals surface area contributed by atoms with E-state index in [0.29, 0.717) is 23.9 Å². The Morgan fingerprint density at radius 1 is 0.301 bits per heavy atom. The van der Waals surface area contributed by atoms with Gasteiger partial charge in [-0.2, -0.15) is 0 Å². The second kappa shape index (κ2) is 83.1. The molecule has 0 heterocycles. The fourth-order valence-corrected chi connectivity index (χ4v) is 12.3. The minimum Gasteiger partial charge on any atom is -0.545 e. The van der Waals surface area contributed by atoms with Gasteiger partial charge in [0.1, 0.15) is 13.2 Å². The van der Waals surface area contributed by atoms with Gasteiger partial charge in [0.2, 0.25) is 0 Å². The molecule has 0 saturated carbocycles. The van der Waals surface area contributed by atoms with Crippen molar-refractivity contribution in [3.05, 3.63) is 134 Å². The minimum absolute atomic E-state index is 0.144. The number of hydrogen-bond acceptors (Lipinski definition) is 8. The second-order valence-corrected chi connectivity index (χ2v) is 30.1. The molecule has 592 valence electrons. The monoisotopic (exact) mass is 1430 g/mol. The number of carboxylic acids is 1. The first-order valence-corrected chi connectivity index (χ1v) is 43.3. The lowest BCUT2D eigenvalue weighted by atomic mass is 10.0. The number of hydrogen-bond donors (Lipinski definition) is 0. The number of carbonyl (C=O) groups is 3. The SMILES string of the molecule is CC/C=C\C/C=C\C/C=C\C/C=C\C/C=C\C/C=C\C/C=C\C/C=C\C/C=C\CCCCCCCCCCCCCC(=O)OC(COC(=O)CCCCCCCCCCCCCCCCCCCCCCCCCCCCC/C=C\C/C=C\CCCCCCC)COC(OCC[N+](C)(C)C)C(=O)[O-]. The fourth-order valence-electron chi connectivity index (χ4n) is 12.3. The van der Waals surface area contributed by atoms with Gasteiger partial charge in [0.15, 0.2) is 12.4 Å². The van der Waals surface area contributed by atoms with Crippen LogP contribution in [-0.4, -0.2) is 82.3 Å². The number of likely N-dealkylation sites (N-methyl/N-ethyl adjacent to an activating group) is 1. The standard InChI is InChI=1S/C94H163NO8/c1-6-8-10-12-14-16-18-20-22-24-26-28-30-32-34-36-38-40-42-44-46-48-50-52-54-56-58-60-62-64-66-68-70-72-74-76-78-80-82-84-91(96)101-88-90(89-102-94(93(98)99)100-87-86-95(3,4)5)103-92(97)85-83-81-79-77-75-73-71-69-67-65-63-61-59-57-55-53-51-49-47-45-43-41-39-37-35-33-31-29-27-25-23-21-19-17-15-13-11-9-7-2/h9,11,15,17-18,20-21,23-24,26-27,29,33,35,39,41,45,47,51,53,57,59,90,94H,6-8,10,12-14,16,19,22,25,28,30-32,34,36-38,40,42-44,46,48-50,52,54-56,58,60-89H2,1-5H3/b11-9-,17-15-,20-18-,23-21-,26-24-,29-27-,35-33-,41-39-,47-45-,53-51-,59-57-. The normalized spacial score (nSPS) is 13.3. The molecule has 0 aromatic heterocycles. The predicted octanol–water partition coefficient (Wildman–Crippen LogP) is 27.0. The summed E-state index contributed by atoms with van der Waals surface area (Å²) in [5.41, 5.74) is 0. The second-order valence-electron chi connectivity index (χ2n) is 30.1. The number of carbonyl (C=O) groups excluding carboxylic acids is 3. The van der Waals surface area contributed by atoms with E-state index in [1.807, 2.05) is 21.1 Å². The number of quaternary nitrogens is 1. The van der Waals surface area contributed by atoms with Crippen molar-refractivity contribution in [1.29, 1.82) is 0 Å². The fraction of sp³-hybridized carbons (Fsp3) is 0.734. The molecule has 0 aromatic carbocycles. The number of nitrogens with zero attached hydrogens (tertiary/aromatic N) is 1. The van der Waals surface area contributed by atoms with E-state index in [-0.39, 0.29) is 32.2 Å². The van der Waals surface area contributed by atoms with Crippen LogP contribution in [0.4, 0.5) is 0 Å². The summed E-state index contributed by atoms with van der Waals surface area (Å²) >= 11 is 0. The Bertz CT molecular complexity index is 2170. The molecule has 0 aliphatic heterocycles. The smallest absolute Gasteiger partial charge is 0.306 e. The summed E-state index contributed by atoms with van der Waals surface area (Å²) in [5, 5.41) is 11.9. The topological polar surface area (TPSA) is 111 Å². The van der Waals surface area contributed by atoms with E-state index >= 15 is 0 Å². The lowest BCUT2D eigenvalue weighted by Gasteiger charge is -2.26. The van der Waals surface area contributed by atoms with Gasteiger partial charge >= 0.3 is 11.9 Å². The van der Waals surface area contributed by atoms with E-state index in [1.54, 1.807) is 0 Å². The highest BCUT2D eigenvalue weighted by Crippen LogP contribution is 2.19. The lowest BCUT2D eigenvalue weighted by Crippen LogP contribution is -2.44. The minimum atomic E-state index is -1.63. The quantitative estimate of drug-likeness (QED) is 0.0195. The van der Waals surface area contributed by atoms with Gasteiger partial charge in [-0.25, -0.2) is 0 Å². The number of unbranched alkanes of at least 4 members (excludes halogenated alkanes) is 43. The summed E-state index contributed by atoms with van der Waals surface area (Å²) in [6, 6.07) is 0. The van der Waals surface area contributed by atoms with E-state index in [1.165, 1.54) is 244 Å². The van der Waals surface area contributed by atoms with E-state index < -0.39 is 24.3 Å². The predicted molar refractivity (Wildman–Crippen MR) is 444 cm³/mol. The summed E-state index contributed by atoms with van der Waals surface area (Å²) in [5.74, 6) is -2.27. The molecule has 0 aliphatic carbocycles. The van der Waals surface area contributed by atoms with Crippen LogP contribution in [0.25, 0.3) is 0 Å². The maximum absolute atomic E-state index is 13.0. The maximum Gasteiger partial charge on any atom is 0.306 e. The van der Waals surface area contributed by atoms with Crippen LogP contribution >= 0.6 is 0 Å². The zero-order valence-electron chi connectivity index (χ0n) is 67.9. The third kappa shape index (κ3) is 84.6. The van der Waals surface area contributed by atoms with Gasteiger partial charge < -0.3 is 33.3 Å². The largest absolute Gasteiger partial charge is 0.545 e. The highest BCUT2D eigenvalue weighted by molar-refractivity contribution is 5.70. The summed E-state index contributed by atoms with van der Waals surface area (Å²) in [7, 11) is 5.94. The third-order valence-corrected chi connectivity index (χ3v) is 18.9. The van der Waals surface area contributed by atoms with E-state index in [4.69, 9.17) is 18.9 Å². The Morgan fingerprint density at radius 2 is 0.553 bits per heavy atom. The molecule has 0 fully saturated rings. The molecule has 0 rings (SSSR count). The Labute approximate surface area is 637 Å². The molecule has 9 nitrogen and oxygen atoms in total. The van der Waals surface area contributed by atoms with Crippen molar-refractivity contribution in [1.82, 2.24) is 0 Å². The highest BCUT2D eigenvalue weighted by Gasteiger charge is 2.22. The van der Waals surface area contributed by atoms with Gasteiger partial charge in [-0.15, -0.1) is 0 Å². The molecule has 0 radical (unpaired) electrons. The summed E-state index contributed by atoms with van der Waals surface area (Å²) in [6.07, 6.45) is 117. The van der Waals surface area contributed by atoms with Crippen molar-refractivity contribution in [3.63, 3.8) is 0 Å². The van der Waals surface area contributed by atoms with E-state index in [0.717, 1.165) is 109 Å². The van der Waals surface area contributed by atoms with Gasteiger partial charge in [-0.05, 0) is 116 Å². The molecule has 0 saturated heterocycles. The first-order chi connectivity index (χ1) is 50.6. The molecule has 2 atom stereocenters. The van der Waals surface area contributed by atoms with Crippen molar-refractivity contribution < 1.29 is 42.9 Å². The van der Waals surface area contributed by atoms with Crippen molar-refractivity contribution in [3.8, 4) is 0 Å². The number of esters is 2. The van der Waals surface area contributed by atoms with Crippen molar-refractivity contribution in [2.24, 2.45) is 0 Å². The molecular weight excluding hydrogens is 1270 g/mol. The van der Waals surface area contributed by atoms with Gasteiger partial charge in [0.05, 0.1) is 40.3 Å². The number of aliphatic carboxylic acids is 1. The molecule has 0 spiro atoms. The Balaban J connectivity index is 4.00. The van der Waals surface area contributed by atoms with Crippen LogP contribution in [0.2, 0.25) is 0 Å². The van der Waals surface area contributed by atoms with Crippen LogP contribution in [-0.2, 0) is 33.3 Å². The average molecular weight is 1440 g/mol. The van der Waals surface area contributed by atoms with Crippen molar-refractivity contribution >= 4 is 17.9 Å². The number of rotatable bonds is 80. The summed E-state index contributed by atoms with van der Waals surface area (Å²) in [4.78, 5) is 37.7. The molecule has 0 aliphatic rings. The van der Waals surface area contributed by atoms with Gasteiger partial charge in [0.25, 0.3) is 0 Å². The molecule has 0 aromatic rings. The lowest BCUT2D eigenvalue weighted by molar-refractivity contribution is -0.870. The highest BCUT2D eigenvalue weighted by atomic mass is 16.7. The molecule has 0 bridgehead atoms. The van der Waals surface area contributed by atoms with Crippen LogP contribution in [0.5, 0.6) is 0 Å². The van der Waals surface area contributed by atoms with Gasteiger partial charge in [-0.3, -0.25) is 9.59 Å². The molecular formula is C94H163NO8. The maximum atomic E-state index is 13.0. The van der Waals surface area contributed by atoms with Crippen LogP contribution < -0.4 is 5.11 Å². The van der Waals surface area contributed by atoms with Crippen molar-refractivity contribution in [2.75, 3.05) is 47.5 Å². The van der Waals surface area contributed by atoms with Gasteiger partial charge in [-0.1, -0.05) is 392 Å². The Morgan fingerprint density at radius 3 is 0.825 bits per heavy atom. The first kappa shape index (κ1) is 98.4. The number of carboxylic acid groups (broad SMARTS) is 1. The zero-order chi connectivity index (χ0) is 74.6. The van der Waals surface area contributed by atoms with E-state index in [9.17, 15) is 19.5 Å². The number of ether oxygens (including phenoxy) is 4. The zero-order valence-corrected chi connectivity index (χ0v) is 67.9. The van der Waals surface area contributed by atoms with Crippen LogP contribution in [0, 0.1) is 0 Å². The molecule has 9 heteroatoms. The first-order valence-electron chi connectivity index (χ1n) is 43.3. The molecule has 2 unspecified atom stereocenters. The van der Waals surface area contributed by atoms with E-state index in [2.05, 4.69) is 148 Å². The Kier molecular flexibility index (Phi) is 79.4. The van der Waals surface area contributed by atoms with Gasteiger partial charge in [0, 0.05) is 12.8 Å². The molecule has 103 heavy (non-hydrogen) atoms. The summed E-state index contributed by atoms with van der Waals surface area (Å²) in [6.45, 7) is 4.66. The molecule has 0 N–H and O–H groups in total. The van der Waals surface area contributed by atoms with Crippen LogP contribution in [0.15, 0.2) is 134 Å².